The first-order valence-electron chi connectivity index (χ1n) is 11.4. The highest BCUT2D eigenvalue weighted by Crippen LogP contribution is 2.44. The Morgan fingerprint density at radius 1 is 1.03 bits per heavy atom. The Hall–Kier alpha value is -2.10. The average molecular weight is 512 g/mol. The largest absolute Gasteiger partial charge is 0.478 e. The van der Waals surface area contributed by atoms with Crippen LogP contribution in [0.2, 0.25) is 16.6 Å². The number of alkyl halides is 3. The van der Waals surface area contributed by atoms with Gasteiger partial charge in [-0.3, -0.25) is 0 Å². The highest BCUT2D eigenvalue weighted by atomic mass is 32.1. The number of hydrogen-bond acceptors (Lipinski definition) is 3. The number of hydrogen-bond donors (Lipinski definition) is 1. The van der Waals surface area contributed by atoms with Gasteiger partial charge in [-0.2, -0.15) is 13.2 Å². The first-order valence-corrected chi connectivity index (χ1v) is 14.4. The number of benzene rings is 1. The molecule has 0 bridgehead atoms. The van der Waals surface area contributed by atoms with Crippen LogP contribution in [-0.4, -0.2) is 24.0 Å². The van der Waals surface area contributed by atoms with Crippen molar-refractivity contribution in [1.29, 1.82) is 0 Å². The summed E-state index contributed by atoms with van der Waals surface area (Å²) >= 11 is 1.41. The topological polar surface area (TPSA) is 51.5 Å². The van der Waals surface area contributed by atoms with Gasteiger partial charge in [0.05, 0.1) is 28.0 Å². The summed E-state index contributed by atoms with van der Waals surface area (Å²) in [6.45, 7) is 13.7. The van der Waals surface area contributed by atoms with Crippen LogP contribution in [0.5, 0.6) is 0 Å². The smallest absolute Gasteiger partial charge is 0.416 e. The molecule has 0 unspecified atom stereocenters. The predicted molar refractivity (Wildman–Crippen MR) is 133 cm³/mol. The fraction of sp³-hybridized carbons (Fsp3) is 0.480. The number of halogens is 3. The Morgan fingerprint density at radius 3 is 2.06 bits per heavy atom. The van der Waals surface area contributed by atoms with Crippen LogP contribution in [0.3, 0.4) is 0 Å². The van der Waals surface area contributed by atoms with Crippen LogP contribution in [0, 0.1) is 0 Å². The van der Waals surface area contributed by atoms with Crippen molar-refractivity contribution in [2.24, 2.45) is 0 Å². The molecule has 0 amide bonds. The number of fused-ring (bicyclic) bond motifs is 1. The normalized spacial score (nSPS) is 13.1. The molecule has 0 aliphatic heterocycles. The third kappa shape index (κ3) is 4.97. The quantitative estimate of drug-likeness (QED) is 0.295. The molecule has 34 heavy (non-hydrogen) atoms. The van der Waals surface area contributed by atoms with Crippen molar-refractivity contribution in [1.82, 2.24) is 4.57 Å². The zero-order valence-electron chi connectivity index (χ0n) is 20.4. The standard InChI is InChI=1S/C25H32F3NO3SSi/c1-15(2)34(16(3)4,17(5)6)32-14-21-22(24(30)31)23-20(33-21)11-12-29(23)13-18-7-9-19(10-8-18)25(26,27)28/h7-12,15-17H,13-14H2,1-6H3,(H,30,31). The SMILES string of the molecule is CC(C)[Si](OCc1sc2ccn(Cc3ccc(C(F)(F)F)cc3)c2c1C(=O)O)(C(C)C)C(C)C. The molecule has 1 N–H and O–H groups in total. The number of carboxylic acid groups (broad SMARTS) is 1. The van der Waals surface area contributed by atoms with Gasteiger partial charge in [0, 0.05) is 17.6 Å². The Balaban J connectivity index is 1.95. The van der Waals surface area contributed by atoms with Gasteiger partial charge in [0.1, 0.15) is 0 Å². The molecular formula is C25H32F3NO3SSi. The lowest BCUT2D eigenvalue weighted by molar-refractivity contribution is -0.137. The van der Waals surface area contributed by atoms with Gasteiger partial charge in [0.25, 0.3) is 0 Å². The van der Waals surface area contributed by atoms with E-state index in [0.29, 0.717) is 32.6 Å². The average Bonchev–Trinajstić information content (AvgIpc) is 3.26. The molecule has 0 spiro atoms. The molecule has 3 aromatic rings. The second-order valence-electron chi connectivity index (χ2n) is 9.66. The van der Waals surface area contributed by atoms with E-state index < -0.39 is 26.0 Å². The maximum atomic E-state index is 12.9. The summed E-state index contributed by atoms with van der Waals surface area (Å²) < 4.78 is 47.9. The van der Waals surface area contributed by atoms with Gasteiger partial charge in [0.15, 0.2) is 0 Å². The molecule has 9 heteroatoms. The molecule has 2 heterocycles. The number of nitrogens with zero attached hydrogens (tertiary/aromatic N) is 1. The third-order valence-corrected chi connectivity index (χ3v) is 13.9. The van der Waals surface area contributed by atoms with Crippen LogP contribution in [0.25, 0.3) is 10.2 Å². The molecular weight excluding hydrogens is 479 g/mol. The monoisotopic (exact) mass is 511 g/mol. The summed E-state index contributed by atoms with van der Waals surface area (Å²) in [4.78, 5) is 13.0. The van der Waals surface area contributed by atoms with Gasteiger partial charge in [0.2, 0.25) is 8.32 Å². The van der Waals surface area contributed by atoms with E-state index in [0.717, 1.165) is 16.8 Å². The predicted octanol–water partition coefficient (Wildman–Crippen LogP) is 8.16. The number of aromatic nitrogens is 1. The molecule has 2 aromatic heterocycles. The number of rotatable bonds is 9. The van der Waals surface area contributed by atoms with Crippen LogP contribution in [0.15, 0.2) is 36.5 Å². The van der Waals surface area contributed by atoms with Gasteiger partial charge >= 0.3 is 12.1 Å². The van der Waals surface area contributed by atoms with Crippen molar-refractivity contribution in [2.45, 2.75) is 77.5 Å². The van der Waals surface area contributed by atoms with E-state index in [-0.39, 0.29) is 18.7 Å². The molecule has 1 aromatic carbocycles. The van der Waals surface area contributed by atoms with Gasteiger partial charge in [-0.1, -0.05) is 53.7 Å². The minimum absolute atomic E-state index is 0.219. The van der Waals surface area contributed by atoms with E-state index in [1.165, 1.54) is 23.5 Å². The van der Waals surface area contributed by atoms with Crippen LogP contribution in [0.4, 0.5) is 13.2 Å². The zero-order valence-corrected chi connectivity index (χ0v) is 22.2. The summed E-state index contributed by atoms with van der Waals surface area (Å²) in [5.41, 5.74) is 1.90. The molecule has 3 rings (SSSR count). The highest BCUT2D eigenvalue weighted by Gasteiger charge is 2.45. The maximum absolute atomic E-state index is 12.9. The third-order valence-electron chi connectivity index (χ3n) is 6.68. The molecule has 0 saturated heterocycles. The van der Waals surface area contributed by atoms with Crippen LogP contribution in [0.1, 0.15) is 67.9 Å². The minimum Gasteiger partial charge on any atom is -0.478 e. The lowest BCUT2D eigenvalue weighted by atomic mass is 10.1. The zero-order chi connectivity index (χ0) is 25.4. The van der Waals surface area contributed by atoms with Gasteiger partial charge < -0.3 is 14.1 Å². The van der Waals surface area contributed by atoms with Crippen LogP contribution in [-0.2, 0) is 23.8 Å². The molecule has 0 radical (unpaired) electrons. The van der Waals surface area contributed by atoms with Crippen molar-refractivity contribution in [2.75, 3.05) is 0 Å². The molecule has 0 aliphatic rings. The number of carbonyl (C=O) groups is 1. The Kier molecular flexibility index (Phi) is 7.69. The van der Waals surface area contributed by atoms with Crippen molar-refractivity contribution in [3.8, 4) is 0 Å². The van der Waals surface area contributed by atoms with E-state index in [1.54, 1.807) is 10.8 Å². The lowest BCUT2D eigenvalue weighted by Gasteiger charge is -2.42. The molecule has 0 saturated carbocycles. The van der Waals surface area contributed by atoms with E-state index in [2.05, 4.69) is 41.5 Å². The fourth-order valence-corrected chi connectivity index (χ4v) is 11.9. The van der Waals surface area contributed by atoms with Gasteiger partial charge in [-0.15, -0.1) is 11.3 Å². The molecule has 4 nitrogen and oxygen atoms in total. The number of aromatic carboxylic acids is 1. The summed E-state index contributed by atoms with van der Waals surface area (Å²) in [5, 5.41) is 10.1. The lowest BCUT2D eigenvalue weighted by Crippen LogP contribution is -2.47. The highest BCUT2D eigenvalue weighted by molar-refractivity contribution is 7.19. The number of carboxylic acids is 1. The summed E-state index contributed by atoms with van der Waals surface area (Å²) in [6.07, 6.45) is -2.61. The van der Waals surface area contributed by atoms with E-state index in [4.69, 9.17) is 4.43 Å². The second-order valence-corrected chi connectivity index (χ2v) is 16.3. The molecule has 0 aliphatic carbocycles. The number of thiophene rings is 1. The van der Waals surface area contributed by atoms with Crippen LogP contribution < -0.4 is 0 Å². The molecule has 186 valence electrons. The van der Waals surface area contributed by atoms with E-state index in [9.17, 15) is 23.1 Å². The second kappa shape index (κ2) is 9.87. The van der Waals surface area contributed by atoms with E-state index >= 15 is 0 Å². The van der Waals surface area contributed by atoms with Gasteiger partial charge in [-0.05, 0) is 40.4 Å². The molecule has 0 fully saturated rings. The fourth-order valence-electron chi connectivity index (χ4n) is 5.26. The Bertz CT molecular complexity index is 1130. The summed E-state index contributed by atoms with van der Waals surface area (Å²) in [5.74, 6) is -1.02. The van der Waals surface area contributed by atoms with E-state index in [1.807, 2.05) is 6.07 Å². The van der Waals surface area contributed by atoms with Crippen molar-refractivity contribution >= 4 is 35.8 Å². The minimum atomic E-state index is -4.39. The Morgan fingerprint density at radius 2 is 1.59 bits per heavy atom. The van der Waals surface area contributed by atoms with Crippen molar-refractivity contribution in [3.63, 3.8) is 0 Å². The Labute approximate surface area is 203 Å². The van der Waals surface area contributed by atoms with Crippen molar-refractivity contribution in [3.05, 3.63) is 58.1 Å². The van der Waals surface area contributed by atoms with Crippen molar-refractivity contribution < 1.29 is 27.5 Å². The van der Waals surface area contributed by atoms with Gasteiger partial charge in [-0.25, -0.2) is 4.79 Å². The molecule has 0 atom stereocenters. The maximum Gasteiger partial charge on any atom is 0.416 e. The summed E-state index contributed by atoms with van der Waals surface area (Å²) in [7, 11) is -2.18. The first kappa shape index (κ1) is 26.5. The van der Waals surface area contributed by atoms with Crippen LogP contribution >= 0.6 is 11.3 Å². The first-order chi connectivity index (χ1) is 15.8. The summed E-state index contributed by atoms with van der Waals surface area (Å²) in [6, 6.07) is 6.82.